The Bertz CT molecular complexity index is 1050. The molecule has 242 valence electrons. The molecule has 0 aromatic heterocycles. The molecule has 10 heteroatoms. The molecule has 1 heterocycles. The summed E-state index contributed by atoms with van der Waals surface area (Å²) < 4.78 is 11.6. The van der Waals surface area contributed by atoms with Crippen molar-refractivity contribution in [3.8, 4) is 0 Å². The molecular formula is C33H53N3O7. The van der Waals surface area contributed by atoms with Gasteiger partial charge in [0.05, 0.1) is 12.1 Å². The summed E-state index contributed by atoms with van der Waals surface area (Å²) >= 11 is 0. The third-order valence-electron chi connectivity index (χ3n) is 9.66. The average molecular weight is 604 g/mol. The fraction of sp³-hybridized carbons (Fsp3) is 0.848. The number of fused-ring (bicyclic) bond motifs is 1. The number of hydrogen-bond donors (Lipinski definition) is 3. The van der Waals surface area contributed by atoms with Crippen LogP contribution in [0, 0.1) is 35.5 Å². The summed E-state index contributed by atoms with van der Waals surface area (Å²) in [6, 6.07) is -1.73. The summed E-state index contributed by atoms with van der Waals surface area (Å²) in [5.41, 5.74) is -0.723. The minimum Gasteiger partial charge on any atom is -0.444 e. The fourth-order valence-corrected chi connectivity index (χ4v) is 7.22. The largest absolute Gasteiger partial charge is 0.444 e. The van der Waals surface area contributed by atoms with Crippen molar-refractivity contribution in [1.29, 1.82) is 0 Å². The van der Waals surface area contributed by atoms with Crippen molar-refractivity contribution in [2.24, 2.45) is 35.5 Å². The van der Waals surface area contributed by atoms with Crippen LogP contribution in [-0.4, -0.2) is 65.9 Å². The lowest BCUT2D eigenvalue weighted by atomic mass is 9.72. The van der Waals surface area contributed by atoms with Crippen molar-refractivity contribution in [3.05, 3.63) is 0 Å². The molecule has 0 aromatic carbocycles. The third-order valence-corrected chi connectivity index (χ3v) is 9.66. The standard InChI is InChI=1S/C33H53N3O7/c1-18(2)21-15-16-22-24-25(22)29(38)27(36-32(41)43-33(4,5)6)19(3)42-17-11-9-7-8-10-12-23(35-30(39)26(21)24)28(37)31(40)34-20-13-14-20/h18-27H,7-17H2,1-6H3,(H,34,40)(H,35,39)(H,36,41)/t19-,21+,22?,23-,24?,25?,26+,27-/m0/s1. The van der Waals surface area contributed by atoms with Gasteiger partial charge in [0, 0.05) is 24.5 Å². The van der Waals surface area contributed by atoms with Crippen LogP contribution in [0.4, 0.5) is 4.79 Å². The van der Waals surface area contributed by atoms with Gasteiger partial charge in [-0.15, -0.1) is 0 Å². The first-order chi connectivity index (χ1) is 20.3. The van der Waals surface area contributed by atoms with Gasteiger partial charge < -0.3 is 25.4 Å². The number of nitrogens with one attached hydrogen (secondary N) is 3. The number of ether oxygens (including phenoxy) is 2. The highest BCUT2D eigenvalue weighted by atomic mass is 16.6. The fourth-order valence-electron chi connectivity index (χ4n) is 7.22. The van der Waals surface area contributed by atoms with Crippen molar-refractivity contribution < 1.29 is 33.4 Å². The Balaban J connectivity index is 1.59. The minimum absolute atomic E-state index is 0.0274. The van der Waals surface area contributed by atoms with Crippen LogP contribution in [0.25, 0.3) is 0 Å². The van der Waals surface area contributed by atoms with Gasteiger partial charge in [-0.2, -0.15) is 0 Å². The highest BCUT2D eigenvalue weighted by molar-refractivity contribution is 6.38. The Morgan fingerprint density at radius 3 is 2.23 bits per heavy atom. The van der Waals surface area contributed by atoms with Crippen LogP contribution < -0.4 is 16.0 Å². The number of Topliss-reactive ketones (excluding diaryl/α,β-unsaturated/α-hetero) is 2. The molecule has 0 bridgehead atoms. The van der Waals surface area contributed by atoms with Crippen molar-refractivity contribution in [2.45, 2.75) is 136 Å². The van der Waals surface area contributed by atoms with E-state index in [4.69, 9.17) is 9.47 Å². The van der Waals surface area contributed by atoms with Crippen LogP contribution >= 0.6 is 0 Å². The SMILES string of the molecule is CC(C)[C@H]1CCC2C3C(=O)[C@@H](NC(=O)OC(C)(C)C)[C@H](C)OCCCCCCC[C@@H](C(=O)C(=O)NC4CC4)NC(=O)[C@H]1C23. The molecule has 10 nitrogen and oxygen atoms in total. The predicted octanol–water partition coefficient (Wildman–Crippen LogP) is 4.09. The lowest BCUT2D eigenvalue weighted by molar-refractivity contribution is -0.141. The second-order valence-electron chi connectivity index (χ2n) is 14.6. The topological polar surface area (TPSA) is 140 Å². The van der Waals surface area contributed by atoms with E-state index in [0.717, 1.165) is 57.8 Å². The van der Waals surface area contributed by atoms with E-state index in [1.807, 2.05) is 6.92 Å². The lowest BCUT2D eigenvalue weighted by Crippen LogP contribution is -2.52. The second kappa shape index (κ2) is 14.1. The quantitative estimate of drug-likeness (QED) is 0.402. The monoisotopic (exact) mass is 603 g/mol. The molecule has 0 spiro atoms. The van der Waals surface area contributed by atoms with Gasteiger partial charge in [-0.3, -0.25) is 19.2 Å². The van der Waals surface area contributed by atoms with Crippen LogP contribution in [0.2, 0.25) is 0 Å². The van der Waals surface area contributed by atoms with E-state index in [2.05, 4.69) is 29.8 Å². The number of carbonyl (C=O) groups is 5. The van der Waals surface area contributed by atoms with Gasteiger partial charge in [-0.25, -0.2) is 4.79 Å². The maximum absolute atomic E-state index is 14.2. The van der Waals surface area contributed by atoms with Crippen LogP contribution in [0.5, 0.6) is 0 Å². The molecule has 3 N–H and O–H groups in total. The summed E-state index contributed by atoms with van der Waals surface area (Å²) in [5, 5.41) is 8.58. The molecule has 8 atom stereocenters. The minimum atomic E-state index is -0.900. The number of alkyl carbamates (subject to hydrolysis) is 1. The third kappa shape index (κ3) is 8.79. The van der Waals surface area contributed by atoms with E-state index < -0.39 is 53.4 Å². The van der Waals surface area contributed by atoms with Gasteiger partial charge in [0.25, 0.3) is 5.91 Å². The van der Waals surface area contributed by atoms with Crippen LogP contribution in [-0.2, 0) is 28.7 Å². The van der Waals surface area contributed by atoms with Gasteiger partial charge in [-0.1, -0.05) is 39.5 Å². The van der Waals surface area contributed by atoms with Gasteiger partial charge in [0.2, 0.25) is 11.7 Å². The Kier molecular flexibility index (Phi) is 10.9. The molecule has 1 saturated heterocycles. The van der Waals surface area contributed by atoms with Gasteiger partial charge in [0.1, 0.15) is 11.6 Å². The summed E-state index contributed by atoms with van der Waals surface area (Å²) in [4.78, 5) is 67.0. The maximum atomic E-state index is 14.2. The van der Waals surface area contributed by atoms with Gasteiger partial charge in [-0.05, 0) is 89.9 Å². The number of ketones is 2. The Hall–Kier alpha value is -2.49. The molecule has 0 radical (unpaired) electrons. The van der Waals surface area contributed by atoms with Crippen molar-refractivity contribution in [2.75, 3.05) is 6.61 Å². The lowest BCUT2D eigenvalue weighted by Gasteiger charge is -2.34. The molecular weight excluding hydrogens is 550 g/mol. The smallest absolute Gasteiger partial charge is 0.408 e. The van der Waals surface area contributed by atoms with E-state index in [1.165, 1.54) is 0 Å². The van der Waals surface area contributed by atoms with E-state index in [1.54, 1.807) is 20.8 Å². The summed E-state index contributed by atoms with van der Waals surface area (Å²) in [6.07, 6.45) is 6.77. The average Bonchev–Trinajstić information content (AvgIpc) is 3.85. The molecule has 1 aliphatic heterocycles. The van der Waals surface area contributed by atoms with Crippen molar-refractivity contribution in [1.82, 2.24) is 16.0 Å². The molecule has 43 heavy (non-hydrogen) atoms. The Morgan fingerprint density at radius 1 is 0.907 bits per heavy atom. The van der Waals surface area contributed by atoms with Gasteiger partial charge in [0.15, 0.2) is 5.78 Å². The Morgan fingerprint density at radius 2 is 1.58 bits per heavy atom. The summed E-state index contributed by atoms with van der Waals surface area (Å²) in [6.45, 7) is 11.8. The van der Waals surface area contributed by atoms with E-state index >= 15 is 0 Å². The predicted molar refractivity (Wildman–Crippen MR) is 161 cm³/mol. The molecule has 4 aliphatic rings. The summed E-state index contributed by atoms with van der Waals surface area (Å²) in [5.74, 6) is -2.34. The molecule has 3 unspecified atom stereocenters. The zero-order chi connectivity index (χ0) is 31.5. The van der Waals surface area contributed by atoms with Crippen molar-refractivity contribution >= 4 is 29.5 Å². The molecule has 4 rings (SSSR count). The Labute approximate surface area is 256 Å². The van der Waals surface area contributed by atoms with E-state index in [0.29, 0.717) is 13.0 Å². The van der Waals surface area contributed by atoms with Crippen LogP contribution in [0.1, 0.15) is 106 Å². The number of amides is 3. The normalized spacial score (nSPS) is 34.3. The maximum Gasteiger partial charge on any atom is 0.408 e. The van der Waals surface area contributed by atoms with Crippen LogP contribution in [0.15, 0.2) is 0 Å². The van der Waals surface area contributed by atoms with Crippen LogP contribution in [0.3, 0.4) is 0 Å². The molecule has 3 amide bonds. The molecule has 0 aromatic rings. The molecule has 3 saturated carbocycles. The zero-order valence-electron chi connectivity index (χ0n) is 26.9. The van der Waals surface area contributed by atoms with Crippen molar-refractivity contribution in [3.63, 3.8) is 0 Å². The zero-order valence-corrected chi connectivity index (χ0v) is 26.9. The first-order valence-corrected chi connectivity index (χ1v) is 16.6. The second-order valence-corrected chi connectivity index (χ2v) is 14.6. The first-order valence-electron chi connectivity index (χ1n) is 16.6. The number of carbonyl (C=O) groups excluding carboxylic acids is 5. The number of rotatable bonds is 5. The van der Waals surface area contributed by atoms with Gasteiger partial charge >= 0.3 is 6.09 Å². The first kappa shape index (κ1) is 33.4. The van der Waals surface area contributed by atoms with E-state index in [9.17, 15) is 24.0 Å². The number of hydrogen-bond acceptors (Lipinski definition) is 7. The molecule has 4 fully saturated rings. The summed E-state index contributed by atoms with van der Waals surface area (Å²) in [7, 11) is 0. The molecule has 3 aliphatic carbocycles. The highest BCUT2D eigenvalue weighted by Gasteiger charge is 2.64. The van der Waals surface area contributed by atoms with E-state index in [-0.39, 0.29) is 41.4 Å². The highest BCUT2D eigenvalue weighted by Crippen LogP contribution is 2.61.